The first-order valence-electron chi connectivity index (χ1n) is 12.7. The maximum atomic E-state index is 13.5. The molecule has 3 aromatic carbocycles. The molecule has 0 bridgehead atoms. The maximum Gasteiger partial charge on any atom is 0.255 e. The van der Waals surface area contributed by atoms with E-state index < -0.39 is 0 Å². The Morgan fingerprint density at radius 2 is 1.65 bits per heavy atom. The number of carbonyl (C=O) groups excluding carboxylic acids is 1. The maximum absolute atomic E-state index is 13.5. The summed E-state index contributed by atoms with van der Waals surface area (Å²) < 4.78 is 7.32. The zero-order valence-electron chi connectivity index (χ0n) is 21.4. The molecule has 2 heterocycles. The number of nitrogens with one attached hydrogen (secondary N) is 1. The largest absolute Gasteiger partial charge is 0.496 e. The van der Waals surface area contributed by atoms with Crippen molar-refractivity contribution in [2.24, 2.45) is 0 Å². The van der Waals surface area contributed by atoms with Crippen LogP contribution in [0.2, 0.25) is 0 Å². The van der Waals surface area contributed by atoms with Crippen molar-refractivity contribution in [1.29, 1.82) is 0 Å². The highest BCUT2D eigenvalue weighted by Crippen LogP contribution is 2.31. The van der Waals surface area contributed by atoms with E-state index >= 15 is 0 Å². The summed E-state index contributed by atoms with van der Waals surface area (Å²) in [7, 11) is 3.80. The topological polar surface area (TPSA) is 62.6 Å². The molecule has 1 aliphatic rings. The van der Waals surface area contributed by atoms with Gasteiger partial charge in [0.1, 0.15) is 11.4 Å². The summed E-state index contributed by atoms with van der Waals surface area (Å²) in [4.78, 5) is 18.3. The van der Waals surface area contributed by atoms with Gasteiger partial charge in [-0.15, -0.1) is 0 Å². The third kappa shape index (κ3) is 5.90. The molecule has 7 nitrogen and oxygen atoms in total. The second kappa shape index (κ2) is 11.4. The molecular weight excluding hydrogens is 462 g/mol. The average molecular weight is 496 g/mol. The lowest BCUT2D eigenvalue weighted by Crippen LogP contribution is -2.43. The van der Waals surface area contributed by atoms with Gasteiger partial charge in [-0.25, -0.2) is 4.68 Å². The van der Waals surface area contributed by atoms with Crippen LogP contribution in [-0.2, 0) is 13.1 Å². The Hall–Kier alpha value is -3.94. The predicted octanol–water partition coefficient (Wildman–Crippen LogP) is 4.23. The molecule has 5 rings (SSSR count). The number of hydrogen-bond donors (Lipinski definition) is 1. The molecule has 1 amide bonds. The van der Waals surface area contributed by atoms with E-state index in [4.69, 9.17) is 9.84 Å². The van der Waals surface area contributed by atoms with Gasteiger partial charge in [0.25, 0.3) is 5.91 Å². The molecular formula is C30H33N5O2. The quantitative estimate of drug-likeness (QED) is 0.397. The number of amides is 1. The minimum atomic E-state index is -0.174. The first-order chi connectivity index (χ1) is 18.1. The number of rotatable bonds is 8. The summed E-state index contributed by atoms with van der Waals surface area (Å²) in [6.45, 7) is 5.72. The first-order valence-corrected chi connectivity index (χ1v) is 12.7. The highest BCUT2D eigenvalue weighted by molar-refractivity contribution is 6.00. The van der Waals surface area contributed by atoms with Crippen LogP contribution in [0.3, 0.4) is 0 Å². The van der Waals surface area contributed by atoms with Gasteiger partial charge >= 0.3 is 0 Å². The van der Waals surface area contributed by atoms with E-state index in [1.54, 1.807) is 18.0 Å². The normalized spacial score (nSPS) is 14.4. The Kier molecular flexibility index (Phi) is 7.63. The number of nitrogens with zero attached hydrogens (tertiary/aromatic N) is 4. The predicted molar refractivity (Wildman–Crippen MR) is 146 cm³/mol. The van der Waals surface area contributed by atoms with Gasteiger partial charge in [-0.1, -0.05) is 54.6 Å². The lowest BCUT2D eigenvalue weighted by molar-refractivity contribution is 0.0951. The van der Waals surface area contributed by atoms with Gasteiger partial charge in [-0.2, -0.15) is 5.10 Å². The molecule has 4 aromatic rings. The molecule has 1 aliphatic heterocycles. The zero-order valence-corrected chi connectivity index (χ0v) is 21.4. The van der Waals surface area contributed by atoms with Crippen LogP contribution in [0.4, 0.5) is 0 Å². The van der Waals surface area contributed by atoms with E-state index in [1.807, 2.05) is 54.6 Å². The van der Waals surface area contributed by atoms with Crippen molar-refractivity contribution in [3.05, 3.63) is 102 Å². The molecule has 37 heavy (non-hydrogen) atoms. The van der Waals surface area contributed by atoms with Crippen molar-refractivity contribution >= 4 is 5.91 Å². The fraction of sp³-hybridized carbons (Fsp3) is 0.267. The van der Waals surface area contributed by atoms with Crippen molar-refractivity contribution in [3.63, 3.8) is 0 Å². The fourth-order valence-corrected chi connectivity index (χ4v) is 4.67. The van der Waals surface area contributed by atoms with E-state index in [1.165, 1.54) is 5.56 Å². The van der Waals surface area contributed by atoms with E-state index in [0.29, 0.717) is 23.6 Å². The summed E-state index contributed by atoms with van der Waals surface area (Å²) in [5.74, 6) is 0.499. The summed E-state index contributed by atoms with van der Waals surface area (Å²) in [6.07, 6.45) is 1.79. The fourth-order valence-electron chi connectivity index (χ4n) is 4.67. The molecule has 0 spiro atoms. The van der Waals surface area contributed by atoms with Gasteiger partial charge < -0.3 is 15.0 Å². The molecule has 0 radical (unpaired) electrons. The number of likely N-dealkylation sites (N-methyl/N-ethyl adjacent to an activating group) is 1. The van der Waals surface area contributed by atoms with E-state index in [0.717, 1.165) is 49.5 Å². The SMILES string of the molecule is COc1ccccc1-c1nn(-c2ccccc2)cc1C(=O)NCc1cccc(CN2CCN(C)CC2)c1. The van der Waals surface area contributed by atoms with Gasteiger partial charge in [-0.05, 0) is 42.4 Å². The number of methoxy groups -OCH3 is 1. The average Bonchev–Trinajstić information content (AvgIpc) is 3.39. The standard InChI is InChI=1S/C30H33N5O2/c1-33-15-17-34(18-16-33)21-24-10-8-9-23(19-24)20-31-30(36)27-22-35(25-11-4-3-5-12-25)32-29(27)26-13-6-7-14-28(26)37-2/h3-14,19,22H,15-18,20-21H2,1-2H3,(H,31,36). The number of carbonyl (C=O) groups is 1. The summed E-state index contributed by atoms with van der Waals surface area (Å²) in [5, 5.41) is 7.90. The number of hydrogen-bond acceptors (Lipinski definition) is 5. The van der Waals surface area contributed by atoms with Crippen molar-refractivity contribution in [2.75, 3.05) is 40.3 Å². The number of aromatic nitrogens is 2. The minimum Gasteiger partial charge on any atom is -0.496 e. The van der Waals surface area contributed by atoms with Crippen molar-refractivity contribution in [3.8, 4) is 22.7 Å². The van der Waals surface area contributed by atoms with Crippen LogP contribution in [0.1, 0.15) is 21.5 Å². The summed E-state index contributed by atoms with van der Waals surface area (Å²) in [5.41, 5.74) is 5.09. The minimum absolute atomic E-state index is 0.174. The lowest BCUT2D eigenvalue weighted by Gasteiger charge is -2.32. The summed E-state index contributed by atoms with van der Waals surface area (Å²) >= 11 is 0. The van der Waals surface area contributed by atoms with Gasteiger partial charge in [0.05, 0.1) is 18.4 Å². The first kappa shape index (κ1) is 24.7. The van der Waals surface area contributed by atoms with Gasteiger partial charge in [0, 0.05) is 51.0 Å². The Bertz CT molecular complexity index is 1340. The van der Waals surface area contributed by atoms with Crippen molar-refractivity contribution < 1.29 is 9.53 Å². The Labute approximate surface area is 218 Å². The number of para-hydroxylation sites is 2. The molecule has 0 atom stereocenters. The van der Waals surface area contributed by atoms with Crippen LogP contribution in [0.15, 0.2) is 85.1 Å². The molecule has 190 valence electrons. The second-order valence-corrected chi connectivity index (χ2v) is 9.45. The van der Waals surface area contributed by atoms with Crippen LogP contribution in [0.5, 0.6) is 5.75 Å². The van der Waals surface area contributed by atoms with E-state index in [-0.39, 0.29) is 5.91 Å². The molecule has 7 heteroatoms. The van der Waals surface area contributed by atoms with Crippen molar-refractivity contribution in [1.82, 2.24) is 24.9 Å². The number of ether oxygens (including phenoxy) is 1. The highest BCUT2D eigenvalue weighted by Gasteiger charge is 2.21. The molecule has 1 aromatic heterocycles. The third-order valence-corrected chi connectivity index (χ3v) is 6.79. The number of benzene rings is 3. The van der Waals surface area contributed by atoms with Gasteiger partial charge in [-0.3, -0.25) is 9.69 Å². The monoisotopic (exact) mass is 495 g/mol. The van der Waals surface area contributed by atoms with Crippen molar-refractivity contribution in [2.45, 2.75) is 13.1 Å². The summed E-state index contributed by atoms with van der Waals surface area (Å²) in [6, 6.07) is 25.9. The Morgan fingerprint density at radius 1 is 0.919 bits per heavy atom. The zero-order chi connectivity index (χ0) is 25.6. The number of piperazine rings is 1. The molecule has 0 saturated carbocycles. The highest BCUT2D eigenvalue weighted by atomic mass is 16.5. The molecule has 0 aliphatic carbocycles. The van der Waals surface area contributed by atoms with Crippen LogP contribution in [0, 0.1) is 0 Å². The Balaban J connectivity index is 1.35. The van der Waals surface area contributed by atoms with Gasteiger partial charge in [0.15, 0.2) is 0 Å². The lowest BCUT2D eigenvalue weighted by atomic mass is 10.1. The van der Waals surface area contributed by atoms with Gasteiger partial charge in [0.2, 0.25) is 0 Å². The van der Waals surface area contributed by atoms with E-state index in [9.17, 15) is 4.79 Å². The Morgan fingerprint density at radius 3 is 2.43 bits per heavy atom. The van der Waals surface area contributed by atoms with Crippen LogP contribution < -0.4 is 10.1 Å². The van der Waals surface area contributed by atoms with E-state index in [2.05, 4.69) is 46.4 Å². The third-order valence-electron chi connectivity index (χ3n) is 6.79. The molecule has 1 N–H and O–H groups in total. The van der Waals surface area contributed by atoms with Crippen LogP contribution in [-0.4, -0.2) is 65.8 Å². The van der Waals surface area contributed by atoms with Crippen LogP contribution >= 0.6 is 0 Å². The molecule has 0 unspecified atom stereocenters. The molecule has 1 saturated heterocycles. The molecule has 1 fully saturated rings. The second-order valence-electron chi connectivity index (χ2n) is 9.45. The smallest absolute Gasteiger partial charge is 0.255 e. The van der Waals surface area contributed by atoms with Crippen LogP contribution in [0.25, 0.3) is 16.9 Å².